The summed E-state index contributed by atoms with van der Waals surface area (Å²) in [6, 6.07) is 8.72. The highest BCUT2D eigenvalue weighted by Crippen LogP contribution is 2.29. The number of methoxy groups -OCH3 is 1. The van der Waals surface area contributed by atoms with E-state index in [1.165, 1.54) is 76.9 Å². The number of urea groups is 1. The van der Waals surface area contributed by atoms with Crippen molar-refractivity contribution in [3.63, 3.8) is 0 Å². The van der Waals surface area contributed by atoms with Gasteiger partial charge in [0, 0.05) is 56.2 Å². The minimum atomic E-state index is -0.954. The van der Waals surface area contributed by atoms with Crippen molar-refractivity contribution in [2.24, 2.45) is 0 Å². The number of amides is 2. The molecule has 2 saturated carbocycles. The maximum absolute atomic E-state index is 13.0. The van der Waals surface area contributed by atoms with Gasteiger partial charge in [0.1, 0.15) is 5.82 Å². The number of aryl methyl sites for hydroxylation is 2. The maximum atomic E-state index is 13.0. The van der Waals surface area contributed by atoms with Crippen LogP contribution in [0.25, 0.3) is 0 Å². The molecule has 2 amide bonds. The normalized spacial score (nSPS) is 19.7. The van der Waals surface area contributed by atoms with E-state index in [1.54, 1.807) is 28.1 Å². The van der Waals surface area contributed by atoms with Gasteiger partial charge in [-0.15, -0.1) is 0 Å². The number of fused-ring (bicyclic) bond motifs is 1. The number of ether oxygens (including phenoxy) is 1. The van der Waals surface area contributed by atoms with E-state index in [0.717, 1.165) is 55.8 Å². The molecule has 4 aliphatic rings. The zero-order chi connectivity index (χ0) is 31.4. The highest BCUT2D eigenvalue weighted by Gasteiger charge is 2.35. The quantitative estimate of drug-likeness (QED) is 0.281. The van der Waals surface area contributed by atoms with Gasteiger partial charge in [0.2, 0.25) is 5.88 Å². The van der Waals surface area contributed by atoms with Crippen molar-refractivity contribution in [2.75, 3.05) is 38.6 Å². The van der Waals surface area contributed by atoms with Crippen molar-refractivity contribution in [2.45, 2.75) is 114 Å². The van der Waals surface area contributed by atoms with Gasteiger partial charge in [-0.25, -0.2) is 14.8 Å². The summed E-state index contributed by atoms with van der Waals surface area (Å²) in [5, 5.41) is 16.6. The number of anilines is 1. The molecular formula is C35H52N6O4. The molecule has 10 heteroatoms. The van der Waals surface area contributed by atoms with Gasteiger partial charge < -0.3 is 30.3 Å². The van der Waals surface area contributed by atoms with Gasteiger partial charge in [0.25, 0.3) is 0 Å². The number of carbonyl (C=O) groups excluding carboxylic acids is 1. The van der Waals surface area contributed by atoms with E-state index in [9.17, 15) is 14.7 Å². The number of hydrogen-bond donors (Lipinski definition) is 3. The minimum absolute atomic E-state index is 0.132. The van der Waals surface area contributed by atoms with E-state index in [1.807, 2.05) is 0 Å². The molecule has 0 spiro atoms. The van der Waals surface area contributed by atoms with Crippen LogP contribution in [0.15, 0.2) is 30.5 Å². The van der Waals surface area contributed by atoms with Crippen molar-refractivity contribution < 1.29 is 19.4 Å². The van der Waals surface area contributed by atoms with Crippen LogP contribution in [-0.2, 0) is 17.6 Å². The van der Waals surface area contributed by atoms with Gasteiger partial charge in [-0.2, -0.15) is 0 Å². The molecule has 0 radical (unpaired) electrons. The molecule has 3 fully saturated rings. The van der Waals surface area contributed by atoms with Crippen molar-refractivity contribution in [3.8, 4) is 5.88 Å². The molecule has 1 saturated heterocycles. The van der Waals surface area contributed by atoms with Crippen LogP contribution in [0.3, 0.4) is 0 Å². The minimum Gasteiger partial charge on any atom is -0.481 e. The summed E-state index contributed by atoms with van der Waals surface area (Å²) in [5.41, 5.74) is 2.98. The standard InChI is InChI=1S/C23H29N5O4.C12H23N/c1-32-20-9-7-17(15-25-20)19(14-21(29)30)28-13-12-27(23(28)31)11-3-5-18-8-6-16-4-2-10-24-22(16)26-18;1-3-7-11(8-4-1)13-12-9-5-2-6-10-12/h6-9,15,19H,2-5,10-14H2,1H3,(H,24,26)(H,29,30);11-13H,1-10H2/t19-;/m0./s1. The summed E-state index contributed by atoms with van der Waals surface area (Å²) in [6.45, 7) is 2.65. The van der Waals surface area contributed by atoms with E-state index in [2.05, 4.69) is 27.8 Å². The van der Waals surface area contributed by atoms with Crippen molar-refractivity contribution in [3.05, 3.63) is 47.3 Å². The zero-order valence-electron chi connectivity index (χ0n) is 27.0. The summed E-state index contributed by atoms with van der Waals surface area (Å²) in [5.74, 6) is 0.481. The van der Waals surface area contributed by atoms with E-state index in [-0.39, 0.29) is 12.5 Å². The second-order valence-electron chi connectivity index (χ2n) is 13.0. The lowest BCUT2D eigenvalue weighted by Crippen LogP contribution is -2.40. The summed E-state index contributed by atoms with van der Waals surface area (Å²) in [4.78, 5) is 36.8. The average molecular weight is 621 g/mol. The van der Waals surface area contributed by atoms with Gasteiger partial charge in [-0.3, -0.25) is 4.79 Å². The predicted molar refractivity (Wildman–Crippen MR) is 176 cm³/mol. The Kier molecular flexibility index (Phi) is 12.3. The molecule has 0 aromatic carbocycles. The van der Waals surface area contributed by atoms with E-state index in [0.29, 0.717) is 31.1 Å². The number of aromatic nitrogens is 2. The molecule has 1 atom stereocenters. The smallest absolute Gasteiger partial charge is 0.320 e. The Labute approximate surface area is 268 Å². The van der Waals surface area contributed by atoms with Crippen LogP contribution >= 0.6 is 0 Å². The first-order valence-corrected chi connectivity index (χ1v) is 17.3. The van der Waals surface area contributed by atoms with Gasteiger partial charge in [0.15, 0.2) is 0 Å². The van der Waals surface area contributed by atoms with Crippen LogP contribution in [-0.4, -0.2) is 82.2 Å². The topological polar surface area (TPSA) is 120 Å². The van der Waals surface area contributed by atoms with E-state index >= 15 is 0 Å². The first-order chi connectivity index (χ1) is 22.0. The molecule has 2 aliphatic heterocycles. The van der Waals surface area contributed by atoms with Crippen LogP contribution in [0.5, 0.6) is 5.88 Å². The van der Waals surface area contributed by atoms with Crippen LogP contribution < -0.4 is 15.4 Å². The third-order valence-electron chi connectivity index (χ3n) is 9.72. The fourth-order valence-corrected chi connectivity index (χ4v) is 7.21. The molecule has 2 aliphatic carbocycles. The van der Waals surface area contributed by atoms with Crippen LogP contribution in [0.1, 0.15) is 106 Å². The number of rotatable bonds is 11. The third kappa shape index (κ3) is 9.55. The Bertz CT molecular complexity index is 1210. The van der Waals surface area contributed by atoms with Gasteiger partial charge in [-0.05, 0) is 68.6 Å². The Morgan fingerprint density at radius 2 is 1.76 bits per heavy atom. The first kappa shape index (κ1) is 33.0. The molecule has 10 nitrogen and oxygen atoms in total. The van der Waals surface area contributed by atoms with Crippen molar-refractivity contribution >= 4 is 17.8 Å². The number of nitrogens with one attached hydrogen (secondary N) is 2. The lowest BCUT2D eigenvalue weighted by atomic mass is 9.91. The fourth-order valence-electron chi connectivity index (χ4n) is 7.21. The number of carboxylic acids is 1. The average Bonchev–Trinajstić information content (AvgIpc) is 3.44. The van der Waals surface area contributed by atoms with E-state index < -0.39 is 12.0 Å². The van der Waals surface area contributed by atoms with Crippen LogP contribution in [0, 0.1) is 0 Å². The van der Waals surface area contributed by atoms with Crippen molar-refractivity contribution in [1.29, 1.82) is 0 Å². The molecule has 2 aromatic rings. The molecule has 246 valence electrons. The summed E-state index contributed by atoms with van der Waals surface area (Å²) < 4.78 is 5.08. The lowest BCUT2D eigenvalue weighted by molar-refractivity contribution is -0.138. The summed E-state index contributed by atoms with van der Waals surface area (Å²) in [7, 11) is 1.52. The molecule has 0 unspecified atom stereocenters. The van der Waals surface area contributed by atoms with Crippen molar-refractivity contribution in [1.82, 2.24) is 25.1 Å². The number of hydrogen-bond acceptors (Lipinski definition) is 7. The number of pyridine rings is 2. The van der Waals surface area contributed by atoms with Crippen LogP contribution in [0.2, 0.25) is 0 Å². The Balaban J connectivity index is 0.000000256. The second-order valence-corrected chi connectivity index (χ2v) is 13.0. The Morgan fingerprint density at radius 1 is 1.02 bits per heavy atom. The zero-order valence-corrected chi connectivity index (χ0v) is 27.0. The highest BCUT2D eigenvalue weighted by atomic mass is 16.5. The molecule has 6 rings (SSSR count). The first-order valence-electron chi connectivity index (χ1n) is 17.3. The molecule has 2 aromatic heterocycles. The monoisotopic (exact) mass is 620 g/mol. The molecular weight excluding hydrogens is 568 g/mol. The second kappa shape index (κ2) is 16.8. The predicted octanol–water partition coefficient (Wildman–Crippen LogP) is 5.97. The fraction of sp³-hybridized carbons (Fsp3) is 0.657. The van der Waals surface area contributed by atoms with Gasteiger partial charge in [0.05, 0.1) is 19.6 Å². The Hall–Kier alpha value is -3.40. The van der Waals surface area contributed by atoms with Crippen LogP contribution in [0.4, 0.5) is 10.6 Å². The number of aliphatic carboxylic acids is 1. The molecule has 45 heavy (non-hydrogen) atoms. The summed E-state index contributed by atoms with van der Waals surface area (Å²) in [6.07, 6.45) is 19.8. The molecule has 3 N–H and O–H groups in total. The SMILES string of the molecule is C1CCC(NC2CCCCC2)CC1.COc1ccc([C@H](CC(=O)O)N2CCN(CCCc3ccc4c(n3)NCCC4)C2=O)cn1. The Morgan fingerprint density at radius 3 is 2.40 bits per heavy atom. The number of nitrogens with zero attached hydrogens (tertiary/aromatic N) is 4. The van der Waals surface area contributed by atoms with Gasteiger partial charge >= 0.3 is 12.0 Å². The highest BCUT2D eigenvalue weighted by molar-refractivity contribution is 5.78. The number of carbonyl (C=O) groups is 2. The third-order valence-corrected chi connectivity index (χ3v) is 9.72. The van der Waals surface area contributed by atoms with Gasteiger partial charge in [-0.1, -0.05) is 50.7 Å². The lowest BCUT2D eigenvalue weighted by Gasteiger charge is -2.30. The van der Waals surface area contributed by atoms with E-state index in [4.69, 9.17) is 9.72 Å². The largest absolute Gasteiger partial charge is 0.481 e. The molecule has 0 bridgehead atoms. The summed E-state index contributed by atoms with van der Waals surface area (Å²) >= 11 is 0. The number of carboxylic acid groups (broad SMARTS) is 1. The molecule has 4 heterocycles. The maximum Gasteiger partial charge on any atom is 0.320 e.